The van der Waals surface area contributed by atoms with Crippen molar-refractivity contribution in [3.8, 4) is 0 Å². The van der Waals surface area contributed by atoms with Gasteiger partial charge in [-0.25, -0.2) is 0 Å². The summed E-state index contributed by atoms with van der Waals surface area (Å²) in [6, 6.07) is 2.66. The van der Waals surface area contributed by atoms with Gasteiger partial charge in [0.1, 0.15) is 0 Å². The van der Waals surface area contributed by atoms with E-state index in [4.69, 9.17) is 0 Å². The Morgan fingerprint density at radius 2 is 2.35 bits per heavy atom. The lowest BCUT2D eigenvalue weighted by atomic mass is 9.82. The van der Waals surface area contributed by atoms with Gasteiger partial charge in [0, 0.05) is 13.2 Å². The Morgan fingerprint density at radius 3 is 2.88 bits per heavy atom. The maximum absolute atomic E-state index is 4.61. The fraction of sp³-hybridized carbons (Fsp3) is 0.786. The molecular formula is C14H23N3. The molecule has 4 atom stereocenters. The van der Waals surface area contributed by atoms with Gasteiger partial charge in [-0.2, -0.15) is 5.10 Å². The highest BCUT2D eigenvalue weighted by molar-refractivity contribution is 5.10. The zero-order valence-electron chi connectivity index (χ0n) is 10.9. The Bertz CT molecular complexity index is 385. The highest BCUT2D eigenvalue weighted by Crippen LogP contribution is 2.52. The van der Waals surface area contributed by atoms with Gasteiger partial charge >= 0.3 is 0 Å². The van der Waals surface area contributed by atoms with Gasteiger partial charge in [0.25, 0.3) is 0 Å². The zero-order chi connectivity index (χ0) is 11.8. The van der Waals surface area contributed by atoms with Crippen LogP contribution in [0.2, 0.25) is 0 Å². The van der Waals surface area contributed by atoms with Crippen LogP contribution in [0.4, 0.5) is 0 Å². The predicted molar refractivity (Wildman–Crippen MR) is 68.6 cm³/mol. The minimum Gasteiger partial charge on any atom is -0.309 e. The minimum atomic E-state index is 0.483. The Balaban J connectivity index is 1.80. The third-order valence-electron chi connectivity index (χ3n) is 4.70. The zero-order valence-corrected chi connectivity index (χ0v) is 10.9. The van der Waals surface area contributed by atoms with Crippen LogP contribution in [0.25, 0.3) is 0 Å². The molecule has 2 aliphatic carbocycles. The lowest BCUT2D eigenvalue weighted by Gasteiger charge is -2.30. The molecule has 1 aromatic heterocycles. The van der Waals surface area contributed by atoms with Crippen molar-refractivity contribution in [2.45, 2.75) is 38.6 Å². The van der Waals surface area contributed by atoms with Crippen molar-refractivity contribution in [2.24, 2.45) is 24.8 Å². The first kappa shape index (κ1) is 11.3. The summed E-state index contributed by atoms with van der Waals surface area (Å²) in [7, 11) is 2.01. The summed E-state index contributed by atoms with van der Waals surface area (Å²) in [4.78, 5) is 0. The molecule has 2 fully saturated rings. The van der Waals surface area contributed by atoms with Crippen LogP contribution in [0.3, 0.4) is 0 Å². The predicted octanol–water partition coefficient (Wildman–Crippen LogP) is 2.51. The largest absolute Gasteiger partial charge is 0.309 e. The molecule has 2 aliphatic rings. The van der Waals surface area contributed by atoms with E-state index in [1.165, 1.54) is 31.4 Å². The summed E-state index contributed by atoms with van der Waals surface area (Å²) in [5.41, 5.74) is 1.24. The second kappa shape index (κ2) is 4.45. The van der Waals surface area contributed by atoms with Crippen LogP contribution in [-0.4, -0.2) is 16.3 Å². The molecule has 2 bridgehead atoms. The number of rotatable bonds is 4. The molecule has 0 radical (unpaired) electrons. The summed E-state index contributed by atoms with van der Waals surface area (Å²) >= 11 is 0. The number of hydrogen-bond donors (Lipinski definition) is 1. The standard InChI is InChI=1S/C14H23N3/c1-3-15-14(13-6-7-17(2)16-13)12-9-10-4-5-11(12)8-10/h6-7,10-12,14-15H,3-5,8-9H2,1-2H3. The minimum absolute atomic E-state index is 0.483. The summed E-state index contributed by atoms with van der Waals surface area (Å²) < 4.78 is 1.92. The Labute approximate surface area is 104 Å². The van der Waals surface area contributed by atoms with E-state index in [0.29, 0.717) is 6.04 Å². The van der Waals surface area contributed by atoms with Crippen LogP contribution < -0.4 is 5.32 Å². The molecule has 3 nitrogen and oxygen atoms in total. The van der Waals surface area contributed by atoms with Gasteiger partial charge in [0.05, 0.1) is 11.7 Å². The smallest absolute Gasteiger partial charge is 0.0796 e. The third kappa shape index (κ3) is 2.01. The molecule has 1 N–H and O–H groups in total. The SMILES string of the molecule is CCNC(c1ccn(C)n1)C1CC2CCC1C2. The van der Waals surface area contributed by atoms with Gasteiger partial charge in [-0.3, -0.25) is 4.68 Å². The monoisotopic (exact) mass is 233 g/mol. The molecule has 3 rings (SSSR count). The molecular weight excluding hydrogens is 210 g/mol. The average Bonchev–Trinajstić information content (AvgIpc) is 3.01. The molecule has 1 heterocycles. The lowest BCUT2D eigenvalue weighted by Crippen LogP contribution is -2.31. The number of nitrogens with zero attached hydrogens (tertiary/aromatic N) is 2. The quantitative estimate of drug-likeness (QED) is 0.866. The number of aromatic nitrogens is 2. The van der Waals surface area contributed by atoms with Gasteiger partial charge in [-0.1, -0.05) is 13.3 Å². The van der Waals surface area contributed by atoms with Crippen molar-refractivity contribution < 1.29 is 0 Å². The maximum Gasteiger partial charge on any atom is 0.0796 e. The number of aryl methyl sites for hydroxylation is 1. The summed E-state index contributed by atoms with van der Waals surface area (Å²) in [5.74, 6) is 2.78. The first-order valence-electron chi connectivity index (χ1n) is 7.01. The second-order valence-corrected chi connectivity index (χ2v) is 5.79. The summed E-state index contributed by atoms with van der Waals surface area (Å²) in [6.45, 7) is 3.23. The highest BCUT2D eigenvalue weighted by atomic mass is 15.3. The molecule has 0 aliphatic heterocycles. The van der Waals surface area contributed by atoms with Gasteiger partial charge < -0.3 is 5.32 Å². The second-order valence-electron chi connectivity index (χ2n) is 5.79. The summed E-state index contributed by atoms with van der Waals surface area (Å²) in [6.07, 6.45) is 7.87. The van der Waals surface area contributed by atoms with E-state index in [1.54, 1.807) is 0 Å². The first-order valence-corrected chi connectivity index (χ1v) is 7.01. The average molecular weight is 233 g/mol. The van der Waals surface area contributed by atoms with Crippen molar-refractivity contribution >= 4 is 0 Å². The molecule has 94 valence electrons. The lowest BCUT2D eigenvalue weighted by molar-refractivity contribution is 0.248. The van der Waals surface area contributed by atoms with Crippen molar-refractivity contribution in [1.29, 1.82) is 0 Å². The van der Waals surface area contributed by atoms with E-state index in [9.17, 15) is 0 Å². The number of fused-ring (bicyclic) bond motifs is 2. The Morgan fingerprint density at radius 1 is 1.47 bits per heavy atom. The number of hydrogen-bond acceptors (Lipinski definition) is 2. The Hall–Kier alpha value is -0.830. The normalized spacial score (nSPS) is 33.2. The molecule has 1 aromatic rings. The van der Waals surface area contributed by atoms with E-state index >= 15 is 0 Å². The molecule has 0 amide bonds. The molecule has 0 saturated heterocycles. The fourth-order valence-electron chi connectivity index (χ4n) is 4.00. The van der Waals surface area contributed by atoms with Crippen molar-refractivity contribution in [3.05, 3.63) is 18.0 Å². The van der Waals surface area contributed by atoms with Crippen LogP contribution in [0, 0.1) is 17.8 Å². The van der Waals surface area contributed by atoms with Gasteiger partial charge in [0.2, 0.25) is 0 Å². The van der Waals surface area contributed by atoms with Crippen molar-refractivity contribution in [1.82, 2.24) is 15.1 Å². The van der Waals surface area contributed by atoms with Crippen LogP contribution in [0.5, 0.6) is 0 Å². The maximum atomic E-state index is 4.61. The van der Waals surface area contributed by atoms with Gasteiger partial charge in [0.15, 0.2) is 0 Å². The van der Waals surface area contributed by atoms with Crippen LogP contribution in [-0.2, 0) is 7.05 Å². The van der Waals surface area contributed by atoms with Gasteiger partial charge in [-0.05, 0) is 49.6 Å². The van der Waals surface area contributed by atoms with Gasteiger partial charge in [-0.15, -0.1) is 0 Å². The molecule has 2 saturated carbocycles. The number of nitrogens with one attached hydrogen (secondary N) is 1. The molecule has 3 heteroatoms. The molecule has 0 spiro atoms. The Kier molecular flexibility index (Phi) is 2.95. The summed E-state index contributed by atoms with van der Waals surface area (Å²) in [5, 5.41) is 8.28. The van der Waals surface area contributed by atoms with E-state index < -0.39 is 0 Å². The van der Waals surface area contributed by atoms with Crippen molar-refractivity contribution in [2.75, 3.05) is 6.54 Å². The fourth-order valence-corrected chi connectivity index (χ4v) is 4.00. The van der Waals surface area contributed by atoms with E-state index in [2.05, 4.69) is 29.6 Å². The van der Waals surface area contributed by atoms with Crippen LogP contribution in [0.15, 0.2) is 12.3 Å². The third-order valence-corrected chi connectivity index (χ3v) is 4.70. The molecule has 17 heavy (non-hydrogen) atoms. The highest BCUT2D eigenvalue weighted by Gasteiger charge is 2.43. The van der Waals surface area contributed by atoms with E-state index in [1.807, 2.05) is 11.7 Å². The topological polar surface area (TPSA) is 29.9 Å². The van der Waals surface area contributed by atoms with E-state index in [-0.39, 0.29) is 0 Å². The van der Waals surface area contributed by atoms with Crippen LogP contribution >= 0.6 is 0 Å². The molecule has 4 unspecified atom stereocenters. The van der Waals surface area contributed by atoms with Crippen molar-refractivity contribution in [3.63, 3.8) is 0 Å². The molecule has 0 aromatic carbocycles. The first-order chi connectivity index (χ1) is 8.28. The van der Waals surface area contributed by atoms with E-state index in [0.717, 1.165) is 24.3 Å². The van der Waals surface area contributed by atoms with Crippen LogP contribution in [0.1, 0.15) is 44.3 Å².